The van der Waals surface area contributed by atoms with Crippen LogP contribution in [0, 0.1) is 5.41 Å². The first-order valence-electron chi connectivity index (χ1n) is 8.21. The van der Waals surface area contributed by atoms with Gasteiger partial charge < -0.3 is 5.32 Å². The second-order valence-electron chi connectivity index (χ2n) is 6.56. The molecule has 1 aliphatic carbocycles. The number of hydrogen-bond acceptors (Lipinski definition) is 1. The maximum Gasteiger partial charge on any atom is 0.251 e. The summed E-state index contributed by atoms with van der Waals surface area (Å²) in [5.74, 6) is 0.0604. The number of fused-ring (bicyclic) bond motifs is 1. The van der Waals surface area contributed by atoms with Crippen molar-refractivity contribution in [2.75, 3.05) is 6.54 Å². The van der Waals surface area contributed by atoms with E-state index in [0.717, 1.165) is 42.5 Å². The first kappa shape index (κ1) is 14.9. The maximum atomic E-state index is 12.2. The summed E-state index contributed by atoms with van der Waals surface area (Å²) in [5.41, 5.74) is 3.34. The van der Waals surface area contributed by atoms with E-state index < -0.39 is 0 Å². The number of carbonyl (C=O) groups is 1. The van der Waals surface area contributed by atoms with Crippen LogP contribution in [0.5, 0.6) is 0 Å². The quantitative estimate of drug-likeness (QED) is 0.812. The van der Waals surface area contributed by atoms with Crippen molar-refractivity contribution in [1.29, 1.82) is 0 Å². The van der Waals surface area contributed by atoms with Crippen LogP contribution in [0.1, 0.15) is 72.3 Å². The number of alkyl halides is 1. The standard InChI is InChI=1S/C18H24ClNO/c1-2-18(9-3-4-10-18)16(19)14-8-7-13-6-5-11-20-17(21)15(13)12-14/h7-8,12,16H,2-6,9-11H2,1H3,(H,20,21). The molecule has 1 aliphatic heterocycles. The second kappa shape index (κ2) is 6.00. The minimum Gasteiger partial charge on any atom is -0.352 e. The van der Waals surface area contributed by atoms with E-state index in [1.54, 1.807) is 0 Å². The van der Waals surface area contributed by atoms with Crippen LogP contribution >= 0.6 is 11.6 Å². The normalized spacial score (nSPS) is 22.3. The molecular formula is C18H24ClNO. The van der Waals surface area contributed by atoms with Gasteiger partial charge in [0.15, 0.2) is 0 Å². The average molecular weight is 306 g/mol. The van der Waals surface area contributed by atoms with Crippen molar-refractivity contribution in [2.24, 2.45) is 5.41 Å². The predicted molar refractivity (Wildman–Crippen MR) is 86.9 cm³/mol. The van der Waals surface area contributed by atoms with Crippen molar-refractivity contribution in [3.63, 3.8) is 0 Å². The minimum absolute atomic E-state index is 0.0198. The van der Waals surface area contributed by atoms with Gasteiger partial charge in [-0.05, 0) is 54.7 Å². The minimum atomic E-state index is 0.0198. The Morgan fingerprint density at radius 1 is 1.29 bits per heavy atom. The number of halogens is 1. The molecule has 0 saturated heterocycles. The molecule has 1 fully saturated rings. The van der Waals surface area contributed by atoms with Crippen LogP contribution in [0.15, 0.2) is 18.2 Å². The molecule has 1 saturated carbocycles. The molecule has 114 valence electrons. The number of carbonyl (C=O) groups excluding carboxylic acids is 1. The van der Waals surface area contributed by atoms with Gasteiger partial charge in [-0.3, -0.25) is 4.79 Å². The summed E-state index contributed by atoms with van der Waals surface area (Å²) in [4.78, 5) is 12.2. The third kappa shape index (κ3) is 2.70. The van der Waals surface area contributed by atoms with Crippen molar-refractivity contribution in [3.8, 4) is 0 Å². The second-order valence-corrected chi connectivity index (χ2v) is 7.00. The summed E-state index contributed by atoms with van der Waals surface area (Å²) in [6.45, 7) is 3.02. The number of amides is 1. The molecule has 0 radical (unpaired) electrons. The molecule has 1 N–H and O–H groups in total. The Kier molecular flexibility index (Phi) is 4.26. The summed E-state index contributed by atoms with van der Waals surface area (Å²) < 4.78 is 0. The van der Waals surface area contributed by atoms with Crippen LogP contribution in [-0.2, 0) is 6.42 Å². The number of benzene rings is 1. The molecule has 2 nitrogen and oxygen atoms in total. The van der Waals surface area contributed by atoms with Gasteiger partial charge in [-0.2, -0.15) is 0 Å². The van der Waals surface area contributed by atoms with Gasteiger partial charge in [-0.25, -0.2) is 0 Å². The summed E-state index contributed by atoms with van der Waals surface area (Å²) in [7, 11) is 0. The van der Waals surface area contributed by atoms with Crippen molar-refractivity contribution in [3.05, 3.63) is 34.9 Å². The average Bonchev–Trinajstić information content (AvgIpc) is 2.93. The molecule has 1 atom stereocenters. The molecule has 1 aromatic carbocycles. The fourth-order valence-electron chi connectivity index (χ4n) is 3.98. The van der Waals surface area contributed by atoms with E-state index in [1.165, 1.54) is 25.7 Å². The van der Waals surface area contributed by atoms with Crippen molar-refractivity contribution in [2.45, 2.75) is 57.2 Å². The van der Waals surface area contributed by atoms with Crippen LogP contribution in [0.2, 0.25) is 0 Å². The molecule has 2 aliphatic rings. The third-order valence-corrected chi connectivity index (χ3v) is 6.14. The first-order chi connectivity index (χ1) is 10.2. The molecule has 1 unspecified atom stereocenters. The van der Waals surface area contributed by atoms with E-state index in [-0.39, 0.29) is 16.7 Å². The lowest BCUT2D eigenvalue weighted by Gasteiger charge is -2.33. The molecule has 1 heterocycles. The molecule has 0 spiro atoms. The third-order valence-electron chi connectivity index (χ3n) is 5.42. The van der Waals surface area contributed by atoms with Gasteiger partial charge in [0.05, 0.1) is 5.38 Å². The van der Waals surface area contributed by atoms with Crippen molar-refractivity contribution in [1.82, 2.24) is 5.32 Å². The highest BCUT2D eigenvalue weighted by molar-refractivity contribution is 6.21. The Balaban J connectivity index is 1.94. The SMILES string of the molecule is CCC1(C(Cl)c2ccc3c(c2)C(=O)NCCC3)CCCC1. The van der Waals surface area contributed by atoms with Gasteiger partial charge in [0, 0.05) is 12.1 Å². The molecule has 0 aromatic heterocycles. The van der Waals surface area contributed by atoms with E-state index in [9.17, 15) is 4.79 Å². The smallest absolute Gasteiger partial charge is 0.251 e. The van der Waals surface area contributed by atoms with Crippen LogP contribution in [-0.4, -0.2) is 12.5 Å². The van der Waals surface area contributed by atoms with E-state index >= 15 is 0 Å². The monoisotopic (exact) mass is 305 g/mol. The fourth-order valence-corrected chi connectivity index (χ4v) is 4.48. The van der Waals surface area contributed by atoms with Crippen molar-refractivity contribution < 1.29 is 4.79 Å². The maximum absolute atomic E-state index is 12.2. The van der Waals surface area contributed by atoms with E-state index in [0.29, 0.717) is 0 Å². The van der Waals surface area contributed by atoms with Crippen LogP contribution in [0.4, 0.5) is 0 Å². The summed E-state index contributed by atoms with van der Waals surface area (Å²) in [6, 6.07) is 6.30. The van der Waals surface area contributed by atoms with E-state index in [4.69, 9.17) is 11.6 Å². The van der Waals surface area contributed by atoms with Crippen molar-refractivity contribution >= 4 is 17.5 Å². The van der Waals surface area contributed by atoms with Crippen LogP contribution in [0.25, 0.3) is 0 Å². The number of hydrogen-bond donors (Lipinski definition) is 1. The van der Waals surface area contributed by atoms with Crippen LogP contribution < -0.4 is 5.32 Å². The summed E-state index contributed by atoms with van der Waals surface area (Å²) in [5, 5.41) is 3.00. The Morgan fingerprint density at radius 2 is 2.05 bits per heavy atom. The zero-order valence-electron chi connectivity index (χ0n) is 12.8. The van der Waals surface area contributed by atoms with Gasteiger partial charge in [0.2, 0.25) is 0 Å². The zero-order valence-corrected chi connectivity index (χ0v) is 13.5. The number of rotatable bonds is 3. The predicted octanol–water partition coefficient (Wildman–Crippen LogP) is 4.61. The highest BCUT2D eigenvalue weighted by Gasteiger charge is 2.39. The zero-order chi connectivity index (χ0) is 14.9. The van der Waals surface area contributed by atoms with Gasteiger partial charge in [0.1, 0.15) is 0 Å². The van der Waals surface area contributed by atoms with E-state index in [1.807, 2.05) is 6.07 Å². The Bertz CT molecular complexity index is 534. The number of aryl methyl sites for hydroxylation is 1. The summed E-state index contributed by atoms with van der Waals surface area (Å²) >= 11 is 6.87. The molecule has 21 heavy (non-hydrogen) atoms. The Labute approximate surface area is 132 Å². The molecule has 1 aromatic rings. The number of nitrogens with one attached hydrogen (secondary N) is 1. The lowest BCUT2D eigenvalue weighted by atomic mass is 9.77. The molecule has 1 amide bonds. The van der Waals surface area contributed by atoms with E-state index in [2.05, 4.69) is 24.4 Å². The lowest BCUT2D eigenvalue weighted by molar-refractivity contribution is 0.0956. The van der Waals surface area contributed by atoms with Gasteiger partial charge in [-0.15, -0.1) is 11.6 Å². The Hall–Kier alpha value is -1.02. The fraction of sp³-hybridized carbons (Fsp3) is 0.611. The Morgan fingerprint density at radius 3 is 2.76 bits per heavy atom. The highest BCUT2D eigenvalue weighted by Crippen LogP contribution is 2.53. The largest absolute Gasteiger partial charge is 0.352 e. The van der Waals surface area contributed by atoms with Crippen LogP contribution in [0.3, 0.4) is 0 Å². The highest BCUT2D eigenvalue weighted by atomic mass is 35.5. The molecule has 0 bridgehead atoms. The lowest BCUT2D eigenvalue weighted by Crippen LogP contribution is -2.24. The van der Waals surface area contributed by atoms with Gasteiger partial charge in [-0.1, -0.05) is 31.9 Å². The molecule has 3 rings (SSSR count). The molecule has 3 heteroatoms. The summed E-state index contributed by atoms with van der Waals surface area (Å²) in [6.07, 6.45) is 8.08. The van der Waals surface area contributed by atoms with Gasteiger partial charge >= 0.3 is 0 Å². The topological polar surface area (TPSA) is 29.1 Å². The molecular weight excluding hydrogens is 282 g/mol. The van der Waals surface area contributed by atoms with Gasteiger partial charge in [0.25, 0.3) is 5.91 Å². The first-order valence-corrected chi connectivity index (χ1v) is 8.65.